The van der Waals surface area contributed by atoms with E-state index in [9.17, 15) is 10.0 Å². The number of phenolic OH excluding ortho intramolecular Hbond substituents is 1. The molecular formula is C11H16N2O4S. The normalized spacial score (nSPS) is 10.4. The number of nitroso groups, excluding NO2 is 1. The highest BCUT2D eigenvalue weighted by Gasteiger charge is 2.17. The standard InChI is InChI=1S/C11H16N2O4S/c1-18-11-8(12-17)2-3-9(10(11)16)13(4-6-14)5-7-15/h2-3,14-16H,4-7H2,1H3. The molecule has 7 heteroatoms. The van der Waals surface area contributed by atoms with Gasteiger partial charge in [0.05, 0.1) is 23.8 Å². The number of rotatable bonds is 7. The molecule has 0 aromatic heterocycles. The fourth-order valence-electron chi connectivity index (χ4n) is 1.67. The molecule has 18 heavy (non-hydrogen) atoms. The number of aromatic hydroxyl groups is 1. The molecule has 0 bridgehead atoms. The summed E-state index contributed by atoms with van der Waals surface area (Å²) in [4.78, 5) is 12.6. The van der Waals surface area contributed by atoms with Crippen LogP contribution in [0.3, 0.4) is 0 Å². The average molecular weight is 272 g/mol. The van der Waals surface area contributed by atoms with E-state index in [-0.39, 0.29) is 37.7 Å². The van der Waals surface area contributed by atoms with E-state index in [1.54, 1.807) is 17.2 Å². The van der Waals surface area contributed by atoms with Crippen LogP contribution in [0.25, 0.3) is 0 Å². The summed E-state index contributed by atoms with van der Waals surface area (Å²) >= 11 is 1.22. The molecule has 0 radical (unpaired) electrons. The van der Waals surface area contributed by atoms with Crippen molar-refractivity contribution in [2.45, 2.75) is 4.90 Å². The van der Waals surface area contributed by atoms with Crippen molar-refractivity contribution in [3.05, 3.63) is 17.0 Å². The van der Waals surface area contributed by atoms with Crippen LogP contribution in [0.4, 0.5) is 11.4 Å². The van der Waals surface area contributed by atoms with Crippen molar-refractivity contribution >= 4 is 23.1 Å². The first-order valence-electron chi connectivity index (χ1n) is 5.39. The molecule has 100 valence electrons. The molecule has 0 heterocycles. The Kier molecular flexibility index (Phi) is 5.90. The first kappa shape index (κ1) is 14.7. The third-order valence-electron chi connectivity index (χ3n) is 2.47. The van der Waals surface area contributed by atoms with Crippen LogP contribution in [-0.4, -0.2) is 47.9 Å². The van der Waals surface area contributed by atoms with Crippen molar-refractivity contribution in [2.75, 3.05) is 37.5 Å². The Morgan fingerprint density at radius 3 is 2.33 bits per heavy atom. The largest absolute Gasteiger partial charge is 0.505 e. The summed E-state index contributed by atoms with van der Waals surface area (Å²) in [6.45, 7) is 0.384. The molecule has 0 saturated carbocycles. The Morgan fingerprint density at radius 1 is 1.28 bits per heavy atom. The summed E-state index contributed by atoms with van der Waals surface area (Å²) in [5.74, 6) is -0.0542. The number of anilines is 1. The zero-order chi connectivity index (χ0) is 13.5. The molecule has 6 nitrogen and oxygen atoms in total. The molecule has 0 atom stereocenters. The highest BCUT2D eigenvalue weighted by Crippen LogP contribution is 2.42. The highest BCUT2D eigenvalue weighted by molar-refractivity contribution is 7.98. The van der Waals surface area contributed by atoms with Gasteiger partial charge in [-0.3, -0.25) is 0 Å². The molecule has 0 saturated heterocycles. The van der Waals surface area contributed by atoms with Crippen LogP contribution in [-0.2, 0) is 0 Å². The van der Waals surface area contributed by atoms with Gasteiger partial charge in [-0.1, -0.05) is 0 Å². The predicted molar refractivity (Wildman–Crippen MR) is 71.7 cm³/mol. The molecule has 0 unspecified atom stereocenters. The predicted octanol–water partition coefficient (Wildman–Crippen LogP) is 1.30. The number of aliphatic hydroxyl groups excluding tert-OH is 2. The maximum absolute atomic E-state index is 10.6. The second-order valence-electron chi connectivity index (χ2n) is 3.51. The number of thioether (sulfide) groups is 1. The van der Waals surface area contributed by atoms with Crippen LogP contribution >= 0.6 is 11.8 Å². The van der Waals surface area contributed by atoms with E-state index in [1.807, 2.05) is 0 Å². The lowest BCUT2D eigenvalue weighted by atomic mass is 10.2. The van der Waals surface area contributed by atoms with Gasteiger partial charge in [0.2, 0.25) is 0 Å². The van der Waals surface area contributed by atoms with Gasteiger partial charge in [-0.2, -0.15) is 0 Å². The third-order valence-corrected chi connectivity index (χ3v) is 3.28. The van der Waals surface area contributed by atoms with Crippen LogP contribution < -0.4 is 4.90 Å². The molecular weight excluding hydrogens is 256 g/mol. The van der Waals surface area contributed by atoms with Crippen molar-refractivity contribution in [3.8, 4) is 5.75 Å². The Bertz CT molecular complexity index is 408. The molecule has 0 aliphatic heterocycles. The van der Waals surface area contributed by atoms with Gasteiger partial charge in [0.15, 0.2) is 5.75 Å². The molecule has 0 amide bonds. The minimum absolute atomic E-state index is 0.0542. The van der Waals surface area contributed by atoms with E-state index >= 15 is 0 Å². The molecule has 0 spiro atoms. The summed E-state index contributed by atoms with van der Waals surface area (Å²) < 4.78 is 0. The number of aliphatic hydroxyl groups is 2. The average Bonchev–Trinajstić information content (AvgIpc) is 2.38. The van der Waals surface area contributed by atoms with E-state index in [0.717, 1.165) is 0 Å². The number of nitrogens with zero attached hydrogens (tertiary/aromatic N) is 2. The summed E-state index contributed by atoms with van der Waals surface area (Å²) in [6, 6.07) is 3.06. The minimum Gasteiger partial charge on any atom is -0.505 e. The second kappa shape index (κ2) is 7.20. The molecule has 0 aliphatic rings. The van der Waals surface area contributed by atoms with Crippen LogP contribution in [0.2, 0.25) is 0 Å². The van der Waals surface area contributed by atoms with Crippen LogP contribution in [0, 0.1) is 4.91 Å². The summed E-state index contributed by atoms with van der Waals surface area (Å²) in [6.07, 6.45) is 1.73. The monoisotopic (exact) mass is 272 g/mol. The topological polar surface area (TPSA) is 93.4 Å². The van der Waals surface area contributed by atoms with Gasteiger partial charge < -0.3 is 20.2 Å². The van der Waals surface area contributed by atoms with E-state index in [1.165, 1.54) is 17.8 Å². The first-order valence-corrected chi connectivity index (χ1v) is 6.62. The quantitative estimate of drug-likeness (QED) is 0.512. The van der Waals surface area contributed by atoms with Crippen LogP contribution in [0.5, 0.6) is 5.75 Å². The zero-order valence-corrected chi connectivity index (χ0v) is 10.9. The lowest BCUT2D eigenvalue weighted by molar-refractivity contribution is 0.280. The minimum atomic E-state index is -0.0955. The number of hydrogen-bond acceptors (Lipinski definition) is 7. The van der Waals surface area contributed by atoms with Crippen molar-refractivity contribution in [3.63, 3.8) is 0 Å². The molecule has 3 N–H and O–H groups in total. The van der Waals surface area contributed by atoms with Crippen LogP contribution in [0.15, 0.2) is 22.2 Å². The first-order chi connectivity index (χ1) is 8.69. The maximum Gasteiger partial charge on any atom is 0.154 e. The van der Waals surface area contributed by atoms with Gasteiger partial charge in [0.25, 0.3) is 0 Å². The lowest BCUT2D eigenvalue weighted by Crippen LogP contribution is -2.29. The zero-order valence-electron chi connectivity index (χ0n) is 10.0. The van der Waals surface area contributed by atoms with Gasteiger partial charge in [-0.15, -0.1) is 16.7 Å². The lowest BCUT2D eigenvalue weighted by Gasteiger charge is -2.24. The Morgan fingerprint density at radius 2 is 1.89 bits per heavy atom. The molecule has 0 fully saturated rings. The van der Waals surface area contributed by atoms with Crippen molar-refractivity contribution in [1.82, 2.24) is 0 Å². The highest BCUT2D eigenvalue weighted by atomic mass is 32.2. The Balaban J connectivity index is 3.18. The number of benzene rings is 1. The smallest absolute Gasteiger partial charge is 0.154 e. The van der Waals surface area contributed by atoms with Gasteiger partial charge in [-0.05, 0) is 23.6 Å². The van der Waals surface area contributed by atoms with E-state index in [2.05, 4.69) is 5.18 Å². The van der Waals surface area contributed by atoms with Gasteiger partial charge >= 0.3 is 0 Å². The fourth-order valence-corrected chi connectivity index (χ4v) is 2.28. The van der Waals surface area contributed by atoms with E-state index in [4.69, 9.17) is 10.2 Å². The molecule has 0 aliphatic carbocycles. The summed E-state index contributed by atoms with van der Waals surface area (Å²) in [5, 5.41) is 30.9. The van der Waals surface area contributed by atoms with Crippen LogP contribution in [0.1, 0.15) is 0 Å². The molecule has 1 aromatic rings. The van der Waals surface area contributed by atoms with Gasteiger partial charge in [-0.25, -0.2) is 0 Å². The number of hydrogen-bond donors (Lipinski definition) is 3. The van der Waals surface area contributed by atoms with E-state index in [0.29, 0.717) is 10.6 Å². The van der Waals surface area contributed by atoms with Gasteiger partial charge in [0.1, 0.15) is 5.69 Å². The third kappa shape index (κ3) is 3.12. The van der Waals surface area contributed by atoms with Crippen molar-refractivity contribution < 1.29 is 15.3 Å². The summed E-state index contributed by atoms with van der Waals surface area (Å²) in [7, 11) is 0. The van der Waals surface area contributed by atoms with Crippen molar-refractivity contribution in [1.29, 1.82) is 0 Å². The van der Waals surface area contributed by atoms with Gasteiger partial charge in [0, 0.05) is 13.1 Å². The molecule has 1 rings (SSSR count). The molecule has 1 aromatic carbocycles. The van der Waals surface area contributed by atoms with E-state index < -0.39 is 0 Å². The summed E-state index contributed by atoms with van der Waals surface area (Å²) in [5.41, 5.74) is 0.645. The number of phenols is 1. The van der Waals surface area contributed by atoms with Crippen molar-refractivity contribution in [2.24, 2.45) is 5.18 Å². The fraction of sp³-hybridized carbons (Fsp3) is 0.455. The SMILES string of the molecule is CSc1c(N=O)ccc(N(CCO)CCO)c1O. The second-order valence-corrected chi connectivity index (χ2v) is 4.33. The Labute approximate surface area is 109 Å². The maximum atomic E-state index is 10.6. The Hall–Kier alpha value is -1.31.